The van der Waals surface area contributed by atoms with Gasteiger partial charge >= 0.3 is 12.1 Å². The van der Waals surface area contributed by atoms with E-state index in [1.54, 1.807) is 25.3 Å². The number of carbonyl (C=O) groups excluding carboxylic acids is 3. The highest BCUT2D eigenvalue weighted by atomic mass is 79.9. The van der Waals surface area contributed by atoms with E-state index < -0.39 is 38.0 Å². The maximum absolute atomic E-state index is 14.1. The summed E-state index contributed by atoms with van der Waals surface area (Å²) in [7, 11) is 2.05. The first-order valence-electron chi connectivity index (χ1n) is 26.5. The van der Waals surface area contributed by atoms with E-state index in [0.29, 0.717) is 64.4 Å². The fraction of sp³-hybridized carbons (Fsp3) is 0.339. The van der Waals surface area contributed by atoms with E-state index in [1.165, 1.54) is 14.2 Å². The van der Waals surface area contributed by atoms with E-state index in [1.807, 2.05) is 124 Å². The minimum absolute atomic E-state index is 0.0545. The molecule has 0 unspecified atom stereocenters. The second-order valence-electron chi connectivity index (χ2n) is 21.6. The number of carbonyl (C=O) groups is 3. The Morgan fingerprint density at radius 1 is 0.566 bits per heavy atom. The third kappa shape index (κ3) is 19.9. The highest BCUT2D eigenvalue weighted by molar-refractivity contribution is 9.11. The van der Waals surface area contributed by atoms with Crippen LogP contribution < -0.4 is 29.6 Å². The summed E-state index contributed by atoms with van der Waals surface area (Å²) in [5.74, 6) is 1.58. The van der Waals surface area contributed by atoms with Crippen molar-refractivity contribution in [1.29, 1.82) is 0 Å². The SMILES string of the molecule is COC(=O)/C(Cc1cc(Br)c(OC)c(Oc2ccc(C/C(=N\OCc3ccccc3)C(=O)NCCc3ccc(OC)c(Oc4c(Br)cc([C@@H](CNC(=O)OC(C)(C)C)O[Si](C)(C)C(C)(C)C)cc4Br)c3)cc2Br)c1)=N/OCc1ccccc1. The zero-order chi connectivity index (χ0) is 60.5. The molecule has 16 nitrogen and oxygen atoms in total. The first-order chi connectivity index (χ1) is 39.4. The summed E-state index contributed by atoms with van der Waals surface area (Å²) in [5, 5.41) is 14.3. The second kappa shape index (κ2) is 30.5. The van der Waals surface area contributed by atoms with Gasteiger partial charge < -0.3 is 53.2 Å². The molecule has 0 aromatic heterocycles. The lowest BCUT2D eigenvalue weighted by molar-refractivity contribution is -0.133. The van der Waals surface area contributed by atoms with Crippen molar-refractivity contribution in [2.45, 2.75) is 104 Å². The monoisotopic (exact) mass is 1410 g/mol. The molecule has 0 heterocycles. The van der Waals surface area contributed by atoms with Gasteiger partial charge in [-0.25, -0.2) is 9.59 Å². The lowest BCUT2D eigenvalue weighted by atomic mass is 10.1. The van der Waals surface area contributed by atoms with Crippen LogP contribution in [0.1, 0.15) is 81.0 Å². The van der Waals surface area contributed by atoms with Gasteiger partial charge in [-0.1, -0.05) is 104 Å². The molecule has 0 saturated heterocycles. The fourth-order valence-corrected chi connectivity index (χ4v) is 11.6. The van der Waals surface area contributed by atoms with Crippen LogP contribution in [0.5, 0.6) is 34.5 Å². The number of oxime groups is 2. The van der Waals surface area contributed by atoms with Gasteiger partial charge in [0.2, 0.25) is 0 Å². The van der Waals surface area contributed by atoms with Crippen LogP contribution in [0.4, 0.5) is 4.79 Å². The van der Waals surface area contributed by atoms with Crippen molar-refractivity contribution in [3.05, 3.63) is 173 Å². The molecule has 2 amide bonds. The molecule has 0 fully saturated rings. The molecule has 6 aromatic rings. The van der Waals surface area contributed by atoms with Gasteiger partial charge in [0.15, 0.2) is 42.8 Å². The predicted molar refractivity (Wildman–Crippen MR) is 339 cm³/mol. The lowest BCUT2D eigenvalue weighted by Crippen LogP contribution is -2.44. The topological polar surface area (TPSA) is 183 Å². The number of benzene rings is 6. The second-order valence-corrected chi connectivity index (χ2v) is 29.7. The van der Waals surface area contributed by atoms with Crippen molar-refractivity contribution in [3.63, 3.8) is 0 Å². The molecule has 2 N–H and O–H groups in total. The summed E-state index contributed by atoms with van der Waals surface area (Å²) in [6, 6.07) is 37.4. The van der Waals surface area contributed by atoms with Crippen LogP contribution in [-0.2, 0) is 65.6 Å². The van der Waals surface area contributed by atoms with Crippen LogP contribution >= 0.6 is 63.7 Å². The minimum Gasteiger partial charge on any atom is -0.493 e. The van der Waals surface area contributed by atoms with Gasteiger partial charge in [0, 0.05) is 19.4 Å². The predicted octanol–water partition coefficient (Wildman–Crippen LogP) is 15.7. The van der Waals surface area contributed by atoms with Crippen molar-refractivity contribution in [1.82, 2.24) is 10.6 Å². The Balaban J connectivity index is 1.16. The lowest BCUT2D eigenvalue weighted by Gasteiger charge is -2.39. The molecule has 0 bridgehead atoms. The van der Waals surface area contributed by atoms with E-state index >= 15 is 0 Å². The van der Waals surface area contributed by atoms with Crippen LogP contribution in [0.3, 0.4) is 0 Å². The van der Waals surface area contributed by atoms with E-state index in [-0.39, 0.29) is 55.6 Å². The first kappa shape index (κ1) is 65.9. The number of methoxy groups -OCH3 is 3. The Hall–Kier alpha value is -6.23. The first-order valence-corrected chi connectivity index (χ1v) is 32.6. The van der Waals surface area contributed by atoms with Crippen LogP contribution in [0.25, 0.3) is 0 Å². The number of alkyl carbamates (subject to hydrolysis) is 1. The van der Waals surface area contributed by atoms with Crippen LogP contribution in [-0.4, -0.2) is 77.7 Å². The van der Waals surface area contributed by atoms with Gasteiger partial charge in [-0.2, -0.15) is 0 Å². The average Bonchev–Trinajstić information content (AvgIpc) is 3.63. The molecule has 83 heavy (non-hydrogen) atoms. The van der Waals surface area contributed by atoms with Crippen molar-refractivity contribution in [2.24, 2.45) is 10.3 Å². The Morgan fingerprint density at radius 2 is 1.12 bits per heavy atom. The Bertz CT molecular complexity index is 3240. The van der Waals surface area contributed by atoms with Crippen molar-refractivity contribution < 1.29 is 56.9 Å². The molecule has 442 valence electrons. The number of rotatable bonds is 26. The summed E-state index contributed by atoms with van der Waals surface area (Å²) in [6.45, 7) is 17.0. The quantitative estimate of drug-likeness (QED) is 0.0227. The van der Waals surface area contributed by atoms with E-state index in [9.17, 15) is 14.4 Å². The van der Waals surface area contributed by atoms with Crippen molar-refractivity contribution in [3.8, 4) is 34.5 Å². The summed E-state index contributed by atoms with van der Waals surface area (Å²) < 4.78 is 44.4. The molecule has 0 aliphatic heterocycles. The maximum Gasteiger partial charge on any atom is 0.407 e. The largest absolute Gasteiger partial charge is 0.493 e. The number of hydrogen-bond acceptors (Lipinski definition) is 14. The normalized spacial score (nSPS) is 12.4. The zero-order valence-electron chi connectivity index (χ0n) is 48.4. The number of esters is 1. The molecule has 0 aliphatic rings. The Kier molecular flexibility index (Phi) is 24.3. The van der Waals surface area contributed by atoms with Gasteiger partial charge in [0.1, 0.15) is 30.3 Å². The van der Waals surface area contributed by atoms with E-state index in [2.05, 4.69) is 119 Å². The van der Waals surface area contributed by atoms with Gasteiger partial charge in [0.25, 0.3) is 5.91 Å². The van der Waals surface area contributed by atoms with E-state index in [4.69, 9.17) is 42.5 Å². The summed E-state index contributed by atoms with van der Waals surface area (Å²) in [6.07, 6.45) is -0.428. The van der Waals surface area contributed by atoms with Gasteiger partial charge in [-0.15, -0.1) is 0 Å². The van der Waals surface area contributed by atoms with E-state index in [0.717, 1.165) is 27.8 Å². The van der Waals surface area contributed by atoms with Crippen molar-refractivity contribution >= 4 is 101 Å². The molecule has 1 atom stereocenters. The molecule has 0 radical (unpaired) electrons. The summed E-state index contributed by atoms with van der Waals surface area (Å²) in [4.78, 5) is 51.0. The standard InChI is InChI=1S/C62H70Br4N4O12Si/c1-61(2,3)81-60(73)68-36-55(82-83(10,11)62(4,5)6)44-34-47(65)56(48(66)35-44)80-53-32-39(22-25-52(53)74-7)26-27-67-58(71)49(69-77-37-40-18-14-12-15-19-40)30-42-23-24-51(45(63)28-42)79-54-33-43(29-46(64)57(54)75-8)31-50(59(72)76-9)70-78-38-41-20-16-13-17-21-41/h12-25,28-29,32-35,55H,26-27,30-31,36-38H2,1-11H3,(H,67,71)(H,68,73)/b69-49+,70-50+/t55-/m1/s1. The zero-order valence-corrected chi connectivity index (χ0v) is 55.7. The molecule has 21 heteroatoms. The number of nitrogens with one attached hydrogen (secondary N) is 2. The molecule has 0 spiro atoms. The third-order valence-electron chi connectivity index (χ3n) is 13.0. The average molecular weight is 1410 g/mol. The molecule has 6 aromatic carbocycles. The smallest absolute Gasteiger partial charge is 0.407 e. The molecule has 0 aliphatic carbocycles. The van der Waals surface area contributed by atoms with Gasteiger partial charge in [0.05, 0.1) is 51.9 Å². The minimum atomic E-state index is -2.33. The van der Waals surface area contributed by atoms with Crippen LogP contribution in [0.15, 0.2) is 150 Å². The molecular formula is C62H70Br4N4O12Si. The van der Waals surface area contributed by atoms with Gasteiger partial charge in [-0.3, -0.25) is 4.79 Å². The molecule has 6 rings (SSSR count). The Morgan fingerprint density at radius 3 is 1.69 bits per heavy atom. The van der Waals surface area contributed by atoms with Crippen LogP contribution in [0, 0.1) is 0 Å². The highest BCUT2D eigenvalue weighted by Gasteiger charge is 2.40. The van der Waals surface area contributed by atoms with Crippen LogP contribution in [0.2, 0.25) is 18.1 Å². The number of nitrogens with zero attached hydrogens (tertiary/aromatic N) is 2. The Labute approximate surface area is 520 Å². The van der Waals surface area contributed by atoms with Gasteiger partial charge in [-0.05, 0) is 191 Å². The van der Waals surface area contributed by atoms with Crippen molar-refractivity contribution in [2.75, 3.05) is 34.4 Å². The molecular weight excluding hydrogens is 1340 g/mol. The maximum atomic E-state index is 14.1. The number of halogens is 4. The summed E-state index contributed by atoms with van der Waals surface area (Å²) >= 11 is 14.8. The third-order valence-corrected chi connectivity index (χ3v) is 19.9. The number of ether oxygens (including phenoxy) is 6. The number of hydrogen-bond donors (Lipinski definition) is 2. The fourth-order valence-electron chi connectivity index (χ4n) is 7.77. The highest BCUT2D eigenvalue weighted by Crippen LogP contribution is 2.45. The molecule has 0 saturated carbocycles. The number of amides is 2. The summed E-state index contributed by atoms with van der Waals surface area (Å²) in [5.41, 5.74) is 4.38.